The number of hydrogen-bond donors (Lipinski definition) is 2. The summed E-state index contributed by atoms with van der Waals surface area (Å²) in [6, 6.07) is 0.00567. The molecule has 0 bridgehead atoms. The molecule has 1 aliphatic rings. The van der Waals surface area contributed by atoms with Crippen LogP contribution < -0.4 is 11.1 Å². The molecule has 1 saturated heterocycles. The molecule has 0 spiro atoms. The molecular weight excluding hydrogens is 298 g/mol. The number of likely N-dealkylation sites (tertiary alicyclic amines) is 1. The molecule has 1 rings (SSSR count). The van der Waals surface area contributed by atoms with Crippen LogP contribution in [0.15, 0.2) is 0 Å². The largest absolute Gasteiger partial charge is 0.392 e. The monoisotopic (exact) mass is 321 g/mol. The van der Waals surface area contributed by atoms with Crippen LogP contribution in [-0.4, -0.2) is 60.9 Å². The number of sulfone groups is 1. The SMILES string of the molecule is CC(C)(C(=O)NC1CCN(CC(N)=S)CC1)S(C)(=O)=O. The quantitative estimate of drug-likeness (QED) is 0.674. The Morgan fingerprint density at radius 2 is 1.90 bits per heavy atom. The minimum absolute atomic E-state index is 0.00567. The molecule has 3 N–H and O–H groups in total. The van der Waals surface area contributed by atoms with E-state index in [2.05, 4.69) is 10.2 Å². The lowest BCUT2D eigenvalue weighted by molar-refractivity contribution is -0.123. The third kappa shape index (κ3) is 4.39. The van der Waals surface area contributed by atoms with Crippen LogP contribution in [0.25, 0.3) is 0 Å². The maximum absolute atomic E-state index is 12.1. The van der Waals surface area contributed by atoms with Crippen LogP contribution in [-0.2, 0) is 14.6 Å². The van der Waals surface area contributed by atoms with Crippen molar-refractivity contribution in [3.8, 4) is 0 Å². The summed E-state index contributed by atoms with van der Waals surface area (Å²) in [6.07, 6.45) is 2.62. The Morgan fingerprint density at radius 1 is 1.40 bits per heavy atom. The fourth-order valence-corrected chi connectivity index (χ4v) is 2.56. The van der Waals surface area contributed by atoms with Gasteiger partial charge in [0.15, 0.2) is 9.84 Å². The topological polar surface area (TPSA) is 92.5 Å². The van der Waals surface area contributed by atoms with Gasteiger partial charge in [0.05, 0.1) is 4.99 Å². The van der Waals surface area contributed by atoms with Crippen molar-refractivity contribution in [1.29, 1.82) is 0 Å². The average molecular weight is 321 g/mol. The second-order valence-electron chi connectivity index (χ2n) is 5.77. The molecule has 0 radical (unpaired) electrons. The summed E-state index contributed by atoms with van der Waals surface area (Å²) < 4.78 is 21.8. The molecule has 0 aromatic carbocycles. The van der Waals surface area contributed by atoms with Gasteiger partial charge in [-0.2, -0.15) is 0 Å². The summed E-state index contributed by atoms with van der Waals surface area (Å²) in [6.45, 7) is 5.04. The van der Waals surface area contributed by atoms with Crippen molar-refractivity contribution in [3.63, 3.8) is 0 Å². The van der Waals surface area contributed by atoms with Crippen molar-refractivity contribution < 1.29 is 13.2 Å². The fraction of sp³-hybridized carbons (Fsp3) is 0.833. The maximum atomic E-state index is 12.1. The van der Waals surface area contributed by atoms with Crippen molar-refractivity contribution in [2.45, 2.75) is 37.5 Å². The van der Waals surface area contributed by atoms with Crippen LogP contribution in [0.1, 0.15) is 26.7 Å². The lowest BCUT2D eigenvalue weighted by Gasteiger charge is -2.33. The van der Waals surface area contributed by atoms with Gasteiger partial charge in [-0.1, -0.05) is 12.2 Å². The van der Waals surface area contributed by atoms with Gasteiger partial charge in [0.1, 0.15) is 4.75 Å². The van der Waals surface area contributed by atoms with Crippen LogP contribution >= 0.6 is 12.2 Å². The van der Waals surface area contributed by atoms with Crippen molar-refractivity contribution in [2.24, 2.45) is 5.73 Å². The zero-order valence-electron chi connectivity index (χ0n) is 12.2. The molecule has 6 nitrogen and oxygen atoms in total. The van der Waals surface area contributed by atoms with Gasteiger partial charge in [-0.3, -0.25) is 9.69 Å². The molecule has 0 saturated carbocycles. The van der Waals surface area contributed by atoms with E-state index in [4.69, 9.17) is 18.0 Å². The van der Waals surface area contributed by atoms with Crippen molar-refractivity contribution >= 4 is 33.0 Å². The van der Waals surface area contributed by atoms with E-state index in [1.165, 1.54) is 13.8 Å². The smallest absolute Gasteiger partial charge is 0.241 e. The molecule has 0 unspecified atom stereocenters. The first-order chi connectivity index (χ1) is 9.04. The van der Waals surface area contributed by atoms with Crippen molar-refractivity contribution in [1.82, 2.24) is 10.2 Å². The summed E-state index contributed by atoms with van der Waals surface area (Å²) in [5.41, 5.74) is 5.50. The van der Waals surface area contributed by atoms with Gasteiger partial charge >= 0.3 is 0 Å². The first-order valence-corrected chi connectivity index (χ1v) is 8.85. The van der Waals surface area contributed by atoms with E-state index in [1.54, 1.807) is 0 Å². The summed E-state index contributed by atoms with van der Waals surface area (Å²) in [5, 5.41) is 2.83. The predicted molar refractivity (Wildman–Crippen MR) is 83.3 cm³/mol. The third-order valence-electron chi connectivity index (χ3n) is 3.78. The zero-order valence-corrected chi connectivity index (χ0v) is 13.8. The van der Waals surface area contributed by atoms with Crippen LogP contribution in [0.2, 0.25) is 0 Å². The summed E-state index contributed by atoms with van der Waals surface area (Å²) in [4.78, 5) is 14.7. The summed E-state index contributed by atoms with van der Waals surface area (Å²) in [5.74, 6) is -0.437. The van der Waals surface area contributed by atoms with Crippen LogP contribution in [0.4, 0.5) is 0 Å². The predicted octanol–water partition coefficient (Wildman–Crippen LogP) is -0.324. The number of carbonyl (C=O) groups is 1. The normalized spacial score (nSPS) is 18.8. The minimum atomic E-state index is -3.44. The molecule has 1 aliphatic heterocycles. The van der Waals surface area contributed by atoms with Gasteiger partial charge in [0.25, 0.3) is 0 Å². The van der Waals surface area contributed by atoms with Gasteiger partial charge in [-0.05, 0) is 26.7 Å². The Morgan fingerprint density at radius 3 is 2.30 bits per heavy atom. The maximum Gasteiger partial charge on any atom is 0.241 e. The molecule has 1 amide bonds. The zero-order chi connectivity index (χ0) is 15.6. The highest BCUT2D eigenvalue weighted by Crippen LogP contribution is 2.17. The Labute approximate surface area is 126 Å². The van der Waals surface area contributed by atoms with Gasteiger partial charge in [0.2, 0.25) is 5.91 Å². The molecule has 8 heteroatoms. The van der Waals surface area contributed by atoms with E-state index in [0.717, 1.165) is 32.2 Å². The van der Waals surface area contributed by atoms with Gasteiger partial charge < -0.3 is 11.1 Å². The number of rotatable bonds is 5. The Kier molecular flexibility index (Phi) is 5.51. The highest BCUT2D eigenvalue weighted by molar-refractivity contribution is 7.92. The number of carbonyl (C=O) groups excluding carboxylic acids is 1. The molecular formula is C12H23N3O3S2. The van der Waals surface area contributed by atoms with Gasteiger partial charge in [-0.15, -0.1) is 0 Å². The number of hydrogen-bond acceptors (Lipinski definition) is 5. The van der Waals surface area contributed by atoms with E-state index < -0.39 is 20.5 Å². The van der Waals surface area contributed by atoms with E-state index in [9.17, 15) is 13.2 Å². The average Bonchev–Trinajstić information content (AvgIpc) is 2.29. The van der Waals surface area contributed by atoms with E-state index >= 15 is 0 Å². The lowest BCUT2D eigenvalue weighted by atomic mass is 10.0. The van der Waals surface area contributed by atoms with Gasteiger partial charge in [0, 0.05) is 31.9 Å². The number of nitrogens with two attached hydrogens (primary N) is 1. The van der Waals surface area contributed by atoms with E-state index in [1.807, 2.05) is 0 Å². The second kappa shape index (κ2) is 6.36. The van der Waals surface area contributed by atoms with Crippen molar-refractivity contribution in [3.05, 3.63) is 0 Å². The summed E-state index contributed by atoms with van der Waals surface area (Å²) >= 11 is 4.87. The molecule has 0 aliphatic carbocycles. The van der Waals surface area contributed by atoms with E-state index in [0.29, 0.717) is 11.5 Å². The number of piperidine rings is 1. The number of amides is 1. The second-order valence-corrected chi connectivity index (χ2v) is 8.86. The summed E-state index contributed by atoms with van der Waals surface area (Å²) in [7, 11) is -3.44. The van der Waals surface area contributed by atoms with Gasteiger partial charge in [-0.25, -0.2) is 8.42 Å². The Balaban J connectivity index is 2.52. The molecule has 0 aromatic rings. The number of nitrogens with one attached hydrogen (secondary N) is 1. The Bertz CT molecular complexity index is 480. The number of thiocarbonyl (C=S) groups is 1. The molecule has 20 heavy (non-hydrogen) atoms. The van der Waals surface area contributed by atoms with Crippen LogP contribution in [0.5, 0.6) is 0 Å². The minimum Gasteiger partial charge on any atom is -0.392 e. The lowest BCUT2D eigenvalue weighted by Crippen LogP contribution is -2.53. The molecule has 0 atom stereocenters. The molecule has 116 valence electrons. The van der Waals surface area contributed by atoms with E-state index in [-0.39, 0.29) is 6.04 Å². The molecule has 0 aromatic heterocycles. The third-order valence-corrected chi connectivity index (χ3v) is 5.94. The highest BCUT2D eigenvalue weighted by atomic mass is 32.2. The van der Waals surface area contributed by atoms with Crippen molar-refractivity contribution in [2.75, 3.05) is 25.9 Å². The number of nitrogens with zero attached hydrogens (tertiary/aromatic N) is 1. The first-order valence-electron chi connectivity index (χ1n) is 6.55. The fourth-order valence-electron chi connectivity index (χ4n) is 1.98. The first kappa shape index (κ1) is 17.3. The van der Waals surface area contributed by atoms with Crippen LogP contribution in [0.3, 0.4) is 0 Å². The highest BCUT2D eigenvalue weighted by Gasteiger charge is 2.39. The van der Waals surface area contributed by atoms with Crippen LogP contribution in [0, 0.1) is 0 Å². The molecule has 1 fully saturated rings. The molecule has 1 heterocycles. The Hall–Kier alpha value is -0.730. The standard InChI is InChI=1S/C12H23N3O3S2/c1-12(2,20(3,17)18)11(16)14-9-4-6-15(7-5-9)8-10(13)19/h9H,4-8H2,1-3H3,(H2,13,19)(H,14,16).